The van der Waals surface area contributed by atoms with Crippen molar-refractivity contribution >= 4 is 34.6 Å². The molecule has 1 aliphatic heterocycles. The zero-order chi connectivity index (χ0) is 19.4. The Morgan fingerprint density at radius 1 is 1.19 bits per heavy atom. The van der Waals surface area contributed by atoms with Gasteiger partial charge in [-0.1, -0.05) is 29.3 Å². The molecule has 2 aromatic carbocycles. The van der Waals surface area contributed by atoms with Gasteiger partial charge in [0, 0.05) is 25.2 Å². The summed E-state index contributed by atoms with van der Waals surface area (Å²) >= 11 is 11.9. The van der Waals surface area contributed by atoms with Crippen molar-refractivity contribution in [2.24, 2.45) is 0 Å². The molecule has 1 heterocycles. The Bertz CT molecular complexity index is 890. The van der Waals surface area contributed by atoms with Gasteiger partial charge in [-0.05, 0) is 36.6 Å². The molecule has 1 aliphatic rings. The predicted octanol–water partition coefficient (Wildman–Crippen LogP) is 4.96. The number of hydrogen-bond donors (Lipinski definition) is 0. The maximum Gasteiger partial charge on any atom is 0.270 e. The summed E-state index contributed by atoms with van der Waals surface area (Å²) in [6.07, 6.45) is 1.73. The number of hydrogen-bond acceptors (Lipinski definition) is 5. The molecule has 1 saturated heterocycles. The van der Waals surface area contributed by atoms with Crippen molar-refractivity contribution in [3.05, 3.63) is 67.7 Å². The zero-order valence-corrected chi connectivity index (χ0v) is 15.9. The molecule has 6 nitrogen and oxygen atoms in total. The van der Waals surface area contributed by atoms with Crippen LogP contribution in [0.3, 0.4) is 0 Å². The van der Waals surface area contributed by atoms with Gasteiger partial charge < -0.3 is 9.64 Å². The Morgan fingerprint density at radius 3 is 2.56 bits per heavy atom. The summed E-state index contributed by atoms with van der Waals surface area (Å²) in [4.78, 5) is 12.5. The van der Waals surface area contributed by atoms with Crippen molar-refractivity contribution < 1.29 is 9.66 Å². The van der Waals surface area contributed by atoms with E-state index >= 15 is 0 Å². The van der Waals surface area contributed by atoms with Crippen molar-refractivity contribution in [2.75, 3.05) is 18.0 Å². The van der Waals surface area contributed by atoms with E-state index in [-0.39, 0.29) is 11.8 Å². The van der Waals surface area contributed by atoms with Crippen LogP contribution in [-0.2, 0) is 11.3 Å². The van der Waals surface area contributed by atoms with Crippen molar-refractivity contribution in [3.8, 4) is 6.07 Å². The van der Waals surface area contributed by atoms with Crippen molar-refractivity contribution in [2.45, 2.75) is 25.6 Å². The van der Waals surface area contributed by atoms with Crippen molar-refractivity contribution in [1.82, 2.24) is 0 Å². The first-order chi connectivity index (χ1) is 13.0. The van der Waals surface area contributed by atoms with Crippen LogP contribution >= 0.6 is 23.2 Å². The third kappa shape index (κ3) is 4.69. The molecule has 1 fully saturated rings. The molecule has 0 atom stereocenters. The van der Waals surface area contributed by atoms with Gasteiger partial charge in [0.25, 0.3) is 5.69 Å². The topological polar surface area (TPSA) is 79.4 Å². The van der Waals surface area contributed by atoms with Crippen LogP contribution in [0.15, 0.2) is 36.4 Å². The quantitative estimate of drug-likeness (QED) is 0.518. The molecule has 2 aromatic rings. The zero-order valence-electron chi connectivity index (χ0n) is 14.4. The largest absolute Gasteiger partial charge is 0.373 e. The van der Waals surface area contributed by atoms with Gasteiger partial charge in [-0.15, -0.1) is 0 Å². The molecule has 0 amide bonds. The summed E-state index contributed by atoms with van der Waals surface area (Å²) in [5, 5.41) is 21.2. The lowest BCUT2D eigenvalue weighted by atomic mass is 10.0. The number of rotatable bonds is 5. The smallest absolute Gasteiger partial charge is 0.270 e. The van der Waals surface area contributed by atoms with Gasteiger partial charge in [-0.3, -0.25) is 10.1 Å². The Balaban J connectivity index is 1.58. The fourth-order valence-corrected chi connectivity index (χ4v) is 3.43. The molecule has 8 heteroatoms. The Hall–Kier alpha value is -2.33. The van der Waals surface area contributed by atoms with Crippen LogP contribution < -0.4 is 4.90 Å². The second-order valence-corrected chi connectivity index (χ2v) is 7.13. The van der Waals surface area contributed by atoms with Crippen LogP contribution in [-0.4, -0.2) is 24.1 Å². The summed E-state index contributed by atoms with van der Waals surface area (Å²) in [6, 6.07) is 11.9. The van der Waals surface area contributed by atoms with Crippen LogP contribution in [0.1, 0.15) is 24.0 Å². The van der Waals surface area contributed by atoms with Gasteiger partial charge in [-0.2, -0.15) is 5.26 Å². The highest BCUT2D eigenvalue weighted by molar-refractivity contribution is 6.42. The molecular weight excluding hydrogens is 389 g/mol. The second kappa shape index (κ2) is 8.57. The summed E-state index contributed by atoms with van der Waals surface area (Å²) in [5.41, 5.74) is 1.94. The third-order valence-electron chi connectivity index (χ3n) is 4.56. The second-order valence-electron chi connectivity index (χ2n) is 6.32. The normalized spacial score (nSPS) is 14.8. The van der Waals surface area contributed by atoms with Gasteiger partial charge in [0.1, 0.15) is 6.07 Å². The van der Waals surface area contributed by atoms with Crippen molar-refractivity contribution in [3.63, 3.8) is 0 Å². The summed E-state index contributed by atoms with van der Waals surface area (Å²) in [7, 11) is 0. The Kier molecular flexibility index (Phi) is 6.17. The molecule has 0 unspecified atom stereocenters. The monoisotopic (exact) mass is 405 g/mol. The average molecular weight is 406 g/mol. The number of halogens is 2. The highest BCUT2D eigenvalue weighted by Crippen LogP contribution is 2.29. The van der Waals surface area contributed by atoms with Crippen LogP contribution in [0.5, 0.6) is 0 Å². The lowest BCUT2D eigenvalue weighted by Gasteiger charge is -2.34. The minimum absolute atomic E-state index is 0.0739. The van der Waals surface area contributed by atoms with Gasteiger partial charge in [0.2, 0.25) is 0 Å². The fraction of sp³-hybridized carbons (Fsp3) is 0.316. The number of piperidine rings is 1. The van der Waals surface area contributed by atoms with E-state index in [1.165, 1.54) is 12.1 Å². The number of nitrogens with zero attached hydrogens (tertiary/aromatic N) is 3. The van der Waals surface area contributed by atoms with Crippen LogP contribution in [0.25, 0.3) is 0 Å². The molecular formula is C19H17Cl2N3O3. The average Bonchev–Trinajstić information content (AvgIpc) is 2.68. The lowest BCUT2D eigenvalue weighted by Crippen LogP contribution is -2.37. The van der Waals surface area contributed by atoms with E-state index in [9.17, 15) is 15.4 Å². The maximum atomic E-state index is 10.9. The van der Waals surface area contributed by atoms with E-state index in [1.807, 2.05) is 6.07 Å². The van der Waals surface area contributed by atoms with Gasteiger partial charge in [0.05, 0.1) is 38.9 Å². The minimum Gasteiger partial charge on any atom is -0.373 e. The highest BCUT2D eigenvalue weighted by Gasteiger charge is 2.23. The molecule has 0 spiro atoms. The number of ether oxygens (including phenoxy) is 1. The van der Waals surface area contributed by atoms with Gasteiger partial charge in [-0.25, -0.2) is 0 Å². The SMILES string of the molecule is N#Cc1cc([N+](=O)[O-])ccc1N1CCC(OCc2ccc(Cl)c(Cl)c2)CC1. The number of anilines is 1. The van der Waals surface area contributed by atoms with E-state index in [2.05, 4.69) is 11.0 Å². The Morgan fingerprint density at radius 2 is 1.93 bits per heavy atom. The van der Waals surface area contributed by atoms with E-state index in [0.717, 1.165) is 37.2 Å². The van der Waals surface area contributed by atoms with E-state index in [4.69, 9.17) is 27.9 Å². The molecule has 27 heavy (non-hydrogen) atoms. The first-order valence-corrected chi connectivity index (χ1v) is 9.22. The van der Waals surface area contributed by atoms with E-state index in [0.29, 0.717) is 22.2 Å². The molecule has 0 N–H and O–H groups in total. The van der Waals surface area contributed by atoms with Gasteiger partial charge in [0.15, 0.2) is 0 Å². The van der Waals surface area contributed by atoms with Crippen LogP contribution in [0.2, 0.25) is 10.0 Å². The fourth-order valence-electron chi connectivity index (χ4n) is 3.11. The van der Waals surface area contributed by atoms with E-state index in [1.54, 1.807) is 18.2 Å². The summed E-state index contributed by atoms with van der Waals surface area (Å²) in [5.74, 6) is 0. The standard InChI is InChI=1S/C19H17Cl2N3O3/c20-17-3-1-13(9-18(17)21)12-27-16-5-7-23(8-6-16)19-4-2-15(24(25)26)10-14(19)11-22/h1-4,9-10,16H,5-8,12H2. The predicted molar refractivity (Wildman–Crippen MR) is 104 cm³/mol. The molecule has 140 valence electrons. The Labute approximate surface area is 167 Å². The van der Waals surface area contributed by atoms with Crippen LogP contribution in [0.4, 0.5) is 11.4 Å². The number of benzene rings is 2. The number of nitro benzene ring substituents is 1. The number of nitro groups is 1. The summed E-state index contributed by atoms with van der Waals surface area (Å²) < 4.78 is 5.97. The first kappa shape index (κ1) is 19.4. The first-order valence-electron chi connectivity index (χ1n) is 8.47. The van der Waals surface area contributed by atoms with E-state index < -0.39 is 4.92 Å². The molecule has 0 aliphatic carbocycles. The molecule has 0 radical (unpaired) electrons. The molecule has 0 aromatic heterocycles. The third-order valence-corrected chi connectivity index (χ3v) is 5.30. The molecule has 0 saturated carbocycles. The highest BCUT2D eigenvalue weighted by atomic mass is 35.5. The summed E-state index contributed by atoms with van der Waals surface area (Å²) in [6.45, 7) is 1.90. The minimum atomic E-state index is -0.492. The number of nitriles is 1. The lowest BCUT2D eigenvalue weighted by molar-refractivity contribution is -0.384. The number of non-ortho nitro benzene ring substituents is 1. The molecule has 0 bridgehead atoms. The van der Waals surface area contributed by atoms with Crippen LogP contribution in [0, 0.1) is 21.4 Å². The van der Waals surface area contributed by atoms with Crippen molar-refractivity contribution in [1.29, 1.82) is 5.26 Å². The maximum absolute atomic E-state index is 10.9. The van der Waals surface area contributed by atoms with Gasteiger partial charge >= 0.3 is 0 Å². The molecule has 3 rings (SSSR count).